The summed E-state index contributed by atoms with van der Waals surface area (Å²) in [6.07, 6.45) is 0. The summed E-state index contributed by atoms with van der Waals surface area (Å²) in [5.74, 6) is 0.171. The van der Waals surface area contributed by atoms with Gasteiger partial charge in [-0.3, -0.25) is 4.79 Å². The Kier molecular flexibility index (Phi) is 4.67. The third-order valence-electron chi connectivity index (χ3n) is 2.79. The molecule has 106 valence electrons. The molecule has 0 aliphatic rings. The third kappa shape index (κ3) is 3.32. The van der Waals surface area contributed by atoms with Crippen molar-refractivity contribution in [1.82, 2.24) is 4.90 Å². The largest absolute Gasteiger partial charge is 0.504 e. The first-order chi connectivity index (χ1) is 9.51. The van der Waals surface area contributed by atoms with Crippen molar-refractivity contribution in [3.8, 4) is 11.5 Å². The van der Waals surface area contributed by atoms with Gasteiger partial charge in [-0.25, -0.2) is 0 Å². The normalized spacial score (nSPS) is 10.3. The van der Waals surface area contributed by atoms with Crippen LogP contribution in [0.25, 0.3) is 0 Å². The monoisotopic (exact) mass is 355 g/mol. The Morgan fingerprint density at radius 2 is 2.20 bits per heavy atom. The number of carbonyl (C=O) groups is 1. The predicted octanol–water partition coefficient (Wildman–Crippen LogP) is 3.50. The van der Waals surface area contributed by atoms with Crippen molar-refractivity contribution in [2.24, 2.45) is 0 Å². The number of hydrogen-bond acceptors (Lipinski definition) is 4. The van der Waals surface area contributed by atoms with E-state index in [1.807, 2.05) is 11.4 Å². The SMILES string of the molecule is COc1ccc(C(=O)N(C)Cc2cc(Br)cs2)cc1O. The molecule has 1 aromatic heterocycles. The highest BCUT2D eigenvalue weighted by molar-refractivity contribution is 9.10. The van der Waals surface area contributed by atoms with Gasteiger partial charge in [0.25, 0.3) is 5.91 Å². The quantitative estimate of drug-likeness (QED) is 0.912. The van der Waals surface area contributed by atoms with E-state index in [2.05, 4.69) is 15.9 Å². The first-order valence-electron chi connectivity index (χ1n) is 5.86. The lowest BCUT2D eigenvalue weighted by molar-refractivity contribution is 0.0786. The number of ether oxygens (including phenoxy) is 1. The van der Waals surface area contributed by atoms with Crippen molar-refractivity contribution in [3.05, 3.63) is 44.6 Å². The van der Waals surface area contributed by atoms with E-state index in [4.69, 9.17) is 4.74 Å². The second-order valence-corrected chi connectivity index (χ2v) is 6.19. The minimum absolute atomic E-state index is 0.0365. The summed E-state index contributed by atoms with van der Waals surface area (Å²) in [5, 5.41) is 11.7. The van der Waals surface area contributed by atoms with Crippen molar-refractivity contribution < 1.29 is 14.6 Å². The fourth-order valence-corrected chi connectivity index (χ4v) is 3.29. The Morgan fingerprint density at radius 3 is 2.75 bits per heavy atom. The summed E-state index contributed by atoms with van der Waals surface area (Å²) < 4.78 is 5.97. The zero-order valence-electron chi connectivity index (χ0n) is 11.1. The summed E-state index contributed by atoms with van der Waals surface area (Å²) in [6.45, 7) is 0.530. The maximum absolute atomic E-state index is 12.3. The number of nitrogens with zero attached hydrogens (tertiary/aromatic N) is 1. The number of methoxy groups -OCH3 is 1. The van der Waals surface area contributed by atoms with E-state index in [1.54, 1.807) is 35.4 Å². The number of phenols is 1. The van der Waals surface area contributed by atoms with Crippen molar-refractivity contribution in [2.45, 2.75) is 6.54 Å². The van der Waals surface area contributed by atoms with Gasteiger partial charge in [-0.1, -0.05) is 0 Å². The van der Waals surface area contributed by atoms with Crippen LogP contribution in [-0.2, 0) is 6.54 Å². The van der Waals surface area contributed by atoms with Crippen LogP contribution in [-0.4, -0.2) is 30.1 Å². The number of halogens is 1. The summed E-state index contributed by atoms with van der Waals surface area (Å²) in [4.78, 5) is 15.0. The fraction of sp³-hybridized carbons (Fsp3) is 0.214. The molecule has 2 aromatic rings. The van der Waals surface area contributed by atoms with Gasteiger partial charge in [0, 0.05) is 27.3 Å². The van der Waals surface area contributed by atoms with Crippen LogP contribution in [0.2, 0.25) is 0 Å². The van der Waals surface area contributed by atoms with Gasteiger partial charge in [0.05, 0.1) is 13.7 Å². The van der Waals surface area contributed by atoms with Crippen LogP contribution in [0.4, 0.5) is 0 Å². The lowest BCUT2D eigenvalue weighted by atomic mass is 10.1. The molecule has 0 unspecified atom stereocenters. The number of thiophene rings is 1. The number of amides is 1. The molecule has 0 saturated carbocycles. The highest BCUT2D eigenvalue weighted by Gasteiger charge is 2.15. The molecule has 0 aliphatic heterocycles. The summed E-state index contributed by atoms with van der Waals surface area (Å²) in [6, 6.07) is 6.63. The van der Waals surface area contributed by atoms with Gasteiger partial charge in [0.2, 0.25) is 0 Å². The smallest absolute Gasteiger partial charge is 0.254 e. The van der Waals surface area contributed by atoms with E-state index in [-0.39, 0.29) is 11.7 Å². The Balaban J connectivity index is 2.12. The lowest BCUT2D eigenvalue weighted by Gasteiger charge is -2.16. The number of rotatable bonds is 4. The molecule has 1 amide bonds. The second-order valence-electron chi connectivity index (χ2n) is 4.28. The molecule has 4 nitrogen and oxygen atoms in total. The average molecular weight is 356 g/mol. The van der Waals surface area contributed by atoms with Gasteiger partial charge in [0.15, 0.2) is 11.5 Å². The van der Waals surface area contributed by atoms with Crippen LogP contribution < -0.4 is 4.74 Å². The van der Waals surface area contributed by atoms with Crippen molar-refractivity contribution in [1.29, 1.82) is 0 Å². The van der Waals surface area contributed by atoms with E-state index < -0.39 is 0 Å². The van der Waals surface area contributed by atoms with Crippen LogP contribution in [0.1, 0.15) is 15.2 Å². The standard InChI is InChI=1S/C14H14BrNO3S/c1-16(7-11-6-10(15)8-20-11)14(18)9-3-4-13(19-2)12(17)5-9/h3-6,8,17H,7H2,1-2H3. The minimum atomic E-state index is -0.146. The summed E-state index contributed by atoms with van der Waals surface area (Å²) in [5.41, 5.74) is 0.432. The Morgan fingerprint density at radius 1 is 1.45 bits per heavy atom. The maximum Gasteiger partial charge on any atom is 0.254 e. The van der Waals surface area contributed by atoms with Gasteiger partial charge in [-0.2, -0.15) is 0 Å². The Labute approximate surface area is 129 Å². The average Bonchev–Trinajstić information content (AvgIpc) is 2.83. The topological polar surface area (TPSA) is 49.8 Å². The number of benzene rings is 1. The molecule has 0 fully saturated rings. The van der Waals surface area contributed by atoms with E-state index in [0.29, 0.717) is 17.9 Å². The van der Waals surface area contributed by atoms with E-state index in [9.17, 15) is 9.90 Å². The molecule has 0 saturated heterocycles. The van der Waals surface area contributed by atoms with Gasteiger partial charge in [0.1, 0.15) is 0 Å². The van der Waals surface area contributed by atoms with Crippen LogP contribution >= 0.6 is 27.3 Å². The number of hydrogen-bond donors (Lipinski definition) is 1. The lowest BCUT2D eigenvalue weighted by Crippen LogP contribution is -2.25. The van der Waals surface area contributed by atoms with E-state index in [0.717, 1.165) is 9.35 Å². The zero-order valence-corrected chi connectivity index (χ0v) is 13.5. The first kappa shape index (κ1) is 14.9. The van der Waals surface area contributed by atoms with E-state index in [1.165, 1.54) is 13.2 Å². The van der Waals surface area contributed by atoms with Gasteiger partial charge < -0.3 is 14.7 Å². The molecular weight excluding hydrogens is 342 g/mol. The second kappa shape index (κ2) is 6.28. The minimum Gasteiger partial charge on any atom is -0.504 e. The maximum atomic E-state index is 12.3. The molecule has 20 heavy (non-hydrogen) atoms. The Hall–Kier alpha value is -1.53. The molecule has 0 aliphatic carbocycles. The molecule has 6 heteroatoms. The van der Waals surface area contributed by atoms with Crippen molar-refractivity contribution in [2.75, 3.05) is 14.2 Å². The summed E-state index contributed by atoms with van der Waals surface area (Å²) >= 11 is 4.98. The molecule has 0 spiro atoms. The number of aromatic hydroxyl groups is 1. The van der Waals surface area contributed by atoms with Gasteiger partial charge in [-0.05, 0) is 40.2 Å². The molecule has 1 heterocycles. The fourth-order valence-electron chi connectivity index (χ4n) is 1.79. The van der Waals surface area contributed by atoms with Crippen molar-refractivity contribution >= 4 is 33.2 Å². The van der Waals surface area contributed by atoms with Gasteiger partial charge >= 0.3 is 0 Å². The third-order valence-corrected chi connectivity index (χ3v) is 4.47. The molecule has 1 aromatic carbocycles. The highest BCUT2D eigenvalue weighted by Crippen LogP contribution is 2.27. The highest BCUT2D eigenvalue weighted by atomic mass is 79.9. The molecule has 0 atom stereocenters. The molecule has 0 bridgehead atoms. The Bertz CT molecular complexity index is 627. The molecule has 0 radical (unpaired) electrons. The summed E-state index contributed by atoms with van der Waals surface area (Å²) in [7, 11) is 3.20. The van der Waals surface area contributed by atoms with Gasteiger partial charge in [-0.15, -0.1) is 11.3 Å². The number of carbonyl (C=O) groups excluding carboxylic acids is 1. The number of phenolic OH excluding ortho intramolecular Hbond substituents is 1. The van der Waals surface area contributed by atoms with Crippen LogP contribution in [0, 0.1) is 0 Å². The predicted molar refractivity (Wildman–Crippen MR) is 82.5 cm³/mol. The molecule has 1 N–H and O–H groups in total. The molecule has 2 rings (SSSR count). The van der Waals surface area contributed by atoms with E-state index >= 15 is 0 Å². The van der Waals surface area contributed by atoms with Crippen LogP contribution in [0.5, 0.6) is 11.5 Å². The molecular formula is C14H14BrNO3S. The van der Waals surface area contributed by atoms with Crippen LogP contribution in [0.3, 0.4) is 0 Å². The van der Waals surface area contributed by atoms with Crippen molar-refractivity contribution in [3.63, 3.8) is 0 Å². The zero-order chi connectivity index (χ0) is 14.7. The van der Waals surface area contributed by atoms with Crippen LogP contribution in [0.15, 0.2) is 34.1 Å². The first-order valence-corrected chi connectivity index (χ1v) is 7.54.